The maximum absolute atomic E-state index is 3.47. The van der Waals surface area contributed by atoms with Crippen LogP contribution in [0.4, 0.5) is 0 Å². The molecular weight excluding hydrogens is 52.0 g/mol. The lowest BCUT2D eigenvalue weighted by atomic mass is 11.2. The standard InChI is InChI=1S/C2H8N2/c1-4(2)3/h3H2,1-2H3/p+1. The Balaban J connectivity index is 2.32. The molecule has 4 heavy (non-hydrogen) atoms. The Kier molecular flexibility index (Phi) is 1.24. The third-order valence-electron chi connectivity index (χ3n) is 0. The quantitative estimate of drug-likeness (QED) is 0.347. The molecule has 0 unspecified atom stereocenters. The minimum atomic E-state index is 1.75. The van der Waals surface area contributed by atoms with Gasteiger partial charge in [-0.25, -0.2) is 0 Å². The molecule has 0 aliphatic rings. The van der Waals surface area contributed by atoms with Crippen molar-refractivity contribution in [2.75, 3.05) is 14.1 Å². The van der Waals surface area contributed by atoms with Crippen LogP contribution in [0.15, 0.2) is 0 Å². The Morgan fingerprint density at radius 1 is 1.50 bits per heavy atom. The van der Waals surface area contributed by atoms with Crippen LogP contribution in [0.25, 0.3) is 0 Å². The van der Waals surface area contributed by atoms with Crippen molar-refractivity contribution in [2.45, 2.75) is 0 Å². The molecule has 0 saturated carbocycles. The molecule has 0 rings (SSSR count). The van der Waals surface area contributed by atoms with Crippen molar-refractivity contribution >= 4 is 0 Å². The molecule has 0 atom stereocenters. The molecule has 0 saturated heterocycles. The van der Waals surface area contributed by atoms with Crippen LogP contribution in [0, 0.1) is 0 Å². The topological polar surface area (TPSA) is 30.9 Å². The number of hydrogen-bond donors (Lipinski definition) is 1. The Labute approximate surface area is 26.2 Å². The van der Waals surface area contributed by atoms with Gasteiger partial charge < -0.3 is 0 Å². The first kappa shape index (κ1) is 3.92. The van der Waals surface area contributed by atoms with E-state index in [-0.39, 0.29) is 0 Å². The maximum atomic E-state index is 3.47. The van der Waals surface area contributed by atoms with E-state index in [2.05, 4.69) is 5.84 Å². The second kappa shape index (κ2) is 1.26. The van der Waals surface area contributed by atoms with Crippen molar-refractivity contribution in [3.8, 4) is 0 Å². The zero-order valence-electron chi connectivity index (χ0n) is 3.15. The van der Waals surface area contributed by atoms with Crippen LogP contribution >= 0.6 is 0 Å². The average Bonchev–Trinajstić information content (AvgIpc) is 0.811. The molecule has 0 aromatic heterocycles. The monoisotopic (exact) mass is 61.1 g/mol. The van der Waals surface area contributed by atoms with Crippen LogP contribution in [0.1, 0.15) is 0 Å². The summed E-state index contributed by atoms with van der Waals surface area (Å²) in [6.45, 7) is 0. The zero-order chi connectivity index (χ0) is 3.58. The highest BCUT2D eigenvalue weighted by atomic mass is 15.4. The summed E-state index contributed by atoms with van der Waals surface area (Å²) in [5, 5.41) is 1.75. The second-order valence-electron chi connectivity index (χ2n) is 1.08. The van der Waals surface area contributed by atoms with E-state index in [1.54, 1.807) is 5.01 Å². The van der Waals surface area contributed by atoms with Crippen molar-refractivity contribution in [1.82, 2.24) is 5.01 Å². The van der Waals surface area contributed by atoms with E-state index in [4.69, 9.17) is 0 Å². The van der Waals surface area contributed by atoms with Crippen LogP contribution in [-0.4, -0.2) is 19.1 Å². The van der Waals surface area contributed by atoms with Crippen LogP contribution in [-0.2, 0) is 0 Å². The molecule has 2 nitrogen and oxygen atoms in total. The Morgan fingerprint density at radius 2 is 1.50 bits per heavy atom. The fourth-order valence-electron chi connectivity index (χ4n) is 0. The summed E-state index contributed by atoms with van der Waals surface area (Å²) in [6.07, 6.45) is 0. The lowest BCUT2D eigenvalue weighted by Gasteiger charge is -1.86. The highest BCUT2D eigenvalue weighted by molar-refractivity contribution is 3.88. The van der Waals surface area contributed by atoms with E-state index >= 15 is 0 Å². The highest BCUT2D eigenvalue weighted by Gasteiger charge is 1.62. The molecule has 0 aromatic rings. The van der Waals surface area contributed by atoms with E-state index < -0.39 is 0 Å². The van der Waals surface area contributed by atoms with Crippen LogP contribution in [0.2, 0.25) is 0 Å². The molecule has 0 aliphatic carbocycles. The first-order valence-corrected chi connectivity index (χ1v) is 1.21. The fraction of sp³-hybridized carbons (Fsp3) is 1.00. The van der Waals surface area contributed by atoms with E-state index in [1.807, 2.05) is 14.1 Å². The molecule has 26 valence electrons. The van der Waals surface area contributed by atoms with Gasteiger partial charge >= 0.3 is 0 Å². The van der Waals surface area contributed by atoms with Gasteiger partial charge in [0.1, 0.15) is 0 Å². The molecule has 2 heteroatoms. The van der Waals surface area contributed by atoms with Crippen molar-refractivity contribution in [3.05, 3.63) is 0 Å². The third-order valence-corrected chi connectivity index (χ3v) is 0. The van der Waals surface area contributed by atoms with Gasteiger partial charge in [-0.1, -0.05) is 0 Å². The zero-order valence-corrected chi connectivity index (χ0v) is 3.15. The average molecular weight is 61.1 g/mol. The summed E-state index contributed by atoms with van der Waals surface area (Å²) in [4.78, 5) is 0. The van der Waals surface area contributed by atoms with Gasteiger partial charge in [-0.15, -0.1) is 0 Å². The van der Waals surface area contributed by atoms with Gasteiger partial charge in [-0.2, -0.15) is 5.01 Å². The lowest BCUT2D eigenvalue weighted by molar-refractivity contribution is -0.557. The molecular formula is C2H9N2+. The molecule has 0 bridgehead atoms. The van der Waals surface area contributed by atoms with Crippen molar-refractivity contribution in [1.29, 1.82) is 0 Å². The smallest absolute Gasteiger partial charge is 0.0357 e. The number of quaternary nitrogens is 1. The Hall–Kier alpha value is -0.0800. The fourth-order valence-corrected chi connectivity index (χ4v) is 0. The summed E-state index contributed by atoms with van der Waals surface area (Å²) >= 11 is 0. The summed E-state index contributed by atoms with van der Waals surface area (Å²) in [6, 6.07) is 0. The first-order valence-electron chi connectivity index (χ1n) is 1.21. The van der Waals surface area contributed by atoms with Gasteiger partial charge in [-0.3, -0.25) is 5.84 Å². The van der Waals surface area contributed by atoms with Gasteiger partial charge in [0.15, 0.2) is 0 Å². The van der Waals surface area contributed by atoms with Gasteiger partial charge in [-0.05, 0) is 0 Å². The van der Waals surface area contributed by atoms with Crippen LogP contribution in [0.3, 0.4) is 0 Å². The Morgan fingerprint density at radius 3 is 1.50 bits per heavy atom. The molecule has 0 spiro atoms. The molecule has 0 fully saturated rings. The molecule has 0 aromatic carbocycles. The van der Waals surface area contributed by atoms with E-state index in [1.165, 1.54) is 0 Å². The first-order chi connectivity index (χ1) is 1.73. The number of hydrogen-bond acceptors (Lipinski definition) is 1. The van der Waals surface area contributed by atoms with Crippen molar-refractivity contribution in [3.63, 3.8) is 0 Å². The number of rotatable bonds is 0. The van der Waals surface area contributed by atoms with Gasteiger partial charge in [0.05, 0.1) is 0 Å². The minimum Gasteiger partial charge on any atom is -0.278 e. The van der Waals surface area contributed by atoms with E-state index in [0.29, 0.717) is 0 Å². The minimum absolute atomic E-state index is 1.75. The summed E-state index contributed by atoms with van der Waals surface area (Å²) in [5.74, 6) is 3.47. The SMILES string of the molecule is CN(C)[NH3+]. The Bertz CT molecular complexity index is 8.75. The molecule has 0 amide bonds. The molecule has 0 aliphatic heterocycles. The van der Waals surface area contributed by atoms with Crippen molar-refractivity contribution < 1.29 is 5.84 Å². The summed E-state index contributed by atoms with van der Waals surface area (Å²) in [5.41, 5.74) is 0. The molecule has 3 N–H and O–H groups in total. The third kappa shape index (κ3) is 254. The highest BCUT2D eigenvalue weighted by Crippen LogP contribution is 1.31. The van der Waals surface area contributed by atoms with Crippen LogP contribution in [0.5, 0.6) is 0 Å². The van der Waals surface area contributed by atoms with Crippen molar-refractivity contribution in [2.24, 2.45) is 0 Å². The maximum Gasteiger partial charge on any atom is 0.0357 e. The van der Waals surface area contributed by atoms with Gasteiger partial charge in [0.25, 0.3) is 0 Å². The predicted molar refractivity (Wildman–Crippen MR) is 16.6 cm³/mol. The predicted octanol–water partition coefficient (Wildman–Crippen LogP) is -1.30. The summed E-state index contributed by atoms with van der Waals surface area (Å²) in [7, 11) is 3.78. The largest absolute Gasteiger partial charge is 0.278 e. The van der Waals surface area contributed by atoms with E-state index in [0.717, 1.165) is 0 Å². The summed E-state index contributed by atoms with van der Waals surface area (Å²) < 4.78 is 0. The molecule has 0 heterocycles. The van der Waals surface area contributed by atoms with Crippen LogP contribution < -0.4 is 5.84 Å². The molecule has 0 radical (unpaired) electrons. The van der Waals surface area contributed by atoms with Gasteiger partial charge in [0.2, 0.25) is 0 Å². The normalized spacial score (nSPS) is 9.00. The second-order valence-corrected chi connectivity index (χ2v) is 1.08. The van der Waals surface area contributed by atoms with Gasteiger partial charge in [0, 0.05) is 14.1 Å². The van der Waals surface area contributed by atoms with E-state index in [9.17, 15) is 0 Å². The number of nitrogens with zero attached hydrogens (tertiary/aromatic N) is 1. The lowest BCUT2D eigenvalue weighted by Crippen LogP contribution is -2.62.